The first-order chi connectivity index (χ1) is 5.70. The summed E-state index contributed by atoms with van der Waals surface area (Å²) in [7, 11) is 0. The first-order valence-electron chi connectivity index (χ1n) is 4.17. The van der Waals surface area contributed by atoms with Gasteiger partial charge in [-0.15, -0.1) is 0 Å². The maximum Gasteiger partial charge on any atom is 0.165 e. The van der Waals surface area contributed by atoms with Crippen LogP contribution in [0.1, 0.15) is 47.5 Å². The molecule has 1 aromatic heterocycles. The average Bonchev–Trinajstić information content (AvgIpc) is 2.75. The van der Waals surface area contributed by atoms with Gasteiger partial charge in [0.25, 0.3) is 0 Å². The van der Waals surface area contributed by atoms with E-state index in [0.717, 1.165) is 18.5 Å². The Kier molecular flexibility index (Phi) is 1.53. The summed E-state index contributed by atoms with van der Waals surface area (Å²) >= 11 is 0. The van der Waals surface area contributed by atoms with Crippen molar-refractivity contribution >= 4 is 5.78 Å². The van der Waals surface area contributed by atoms with E-state index in [4.69, 9.17) is 4.52 Å². The number of carbonyl (C=O) groups excluding carboxylic acids is 1. The lowest BCUT2D eigenvalue weighted by Gasteiger charge is -1.93. The highest BCUT2D eigenvalue weighted by atomic mass is 16.5. The minimum Gasteiger partial charge on any atom is -0.361 e. The number of carbonyl (C=O) groups is 1. The van der Waals surface area contributed by atoms with Crippen LogP contribution in [0.5, 0.6) is 0 Å². The van der Waals surface area contributed by atoms with E-state index in [1.165, 1.54) is 0 Å². The van der Waals surface area contributed by atoms with E-state index >= 15 is 0 Å². The molecular formula is C9H11NO2. The molecule has 1 fully saturated rings. The monoisotopic (exact) mass is 165 g/mol. The lowest BCUT2D eigenvalue weighted by molar-refractivity contribution is 0.101. The van der Waals surface area contributed by atoms with Crippen molar-refractivity contribution in [2.75, 3.05) is 0 Å². The van der Waals surface area contributed by atoms with Gasteiger partial charge in [-0.25, -0.2) is 0 Å². The highest BCUT2D eigenvalue weighted by Crippen LogP contribution is 2.41. The normalized spacial score (nSPS) is 16.5. The standard InChI is InChI=1S/C9H11NO2/c1-5(11)8-6(2)12-10-9(8)7-3-4-7/h7H,3-4H2,1-2H3. The van der Waals surface area contributed by atoms with E-state index in [-0.39, 0.29) is 5.78 Å². The lowest BCUT2D eigenvalue weighted by Crippen LogP contribution is -1.97. The van der Waals surface area contributed by atoms with Gasteiger partial charge >= 0.3 is 0 Å². The van der Waals surface area contributed by atoms with Gasteiger partial charge in [0, 0.05) is 5.92 Å². The van der Waals surface area contributed by atoms with Crippen molar-refractivity contribution in [2.45, 2.75) is 32.6 Å². The largest absolute Gasteiger partial charge is 0.361 e. The van der Waals surface area contributed by atoms with E-state index in [1.807, 2.05) is 0 Å². The number of rotatable bonds is 2. The van der Waals surface area contributed by atoms with Crippen molar-refractivity contribution in [3.05, 3.63) is 17.0 Å². The molecule has 0 aliphatic heterocycles. The zero-order chi connectivity index (χ0) is 8.72. The Labute approximate surface area is 70.7 Å². The summed E-state index contributed by atoms with van der Waals surface area (Å²) in [6, 6.07) is 0. The number of aromatic nitrogens is 1. The SMILES string of the molecule is CC(=O)c1c(C2CC2)noc1C. The predicted molar refractivity (Wildman–Crippen MR) is 43.2 cm³/mol. The number of hydrogen-bond acceptors (Lipinski definition) is 3. The van der Waals surface area contributed by atoms with Crippen LogP contribution in [0.3, 0.4) is 0 Å². The van der Waals surface area contributed by atoms with E-state index in [0.29, 0.717) is 17.2 Å². The van der Waals surface area contributed by atoms with Crippen LogP contribution < -0.4 is 0 Å². The Morgan fingerprint density at radius 1 is 1.58 bits per heavy atom. The second kappa shape index (κ2) is 2.44. The summed E-state index contributed by atoms with van der Waals surface area (Å²) in [5.41, 5.74) is 1.58. The fourth-order valence-electron chi connectivity index (χ4n) is 1.45. The summed E-state index contributed by atoms with van der Waals surface area (Å²) in [5, 5.41) is 3.90. The van der Waals surface area contributed by atoms with Crippen molar-refractivity contribution in [1.82, 2.24) is 5.16 Å². The Balaban J connectivity index is 2.46. The first kappa shape index (κ1) is 7.53. The van der Waals surface area contributed by atoms with Crippen LogP contribution in [0.25, 0.3) is 0 Å². The second-order valence-electron chi connectivity index (χ2n) is 3.33. The average molecular weight is 165 g/mol. The van der Waals surface area contributed by atoms with Crippen LogP contribution >= 0.6 is 0 Å². The van der Waals surface area contributed by atoms with Crippen molar-refractivity contribution in [3.63, 3.8) is 0 Å². The predicted octanol–water partition coefficient (Wildman–Crippen LogP) is 2.06. The fraction of sp³-hybridized carbons (Fsp3) is 0.556. The molecule has 0 atom stereocenters. The van der Waals surface area contributed by atoms with E-state index in [2.05, 4.69) is 5.16 Å². The Morgan fingerprint density at radius 3 is 2.75 bits per heavy atom. The molecule has 0 aromatic carbocycles. The Bertz CT molecular complexity index is 323. The van der Waals surface area contributed by atoms with Gasteiger partial charge in [-0.3, -0.25) is 4.79 Å². The molecule has 1 aromatic rings. The zero-order valence-electron chi connectivity index (χ0n) is 7.26. The van der Waals surface area contributed by atoms with Crippen LogP contribution in [0.4, 0.5) is 0 Å². The molecule has 0 saturated heterocycles. The van der Waals surface area contributed by atoms with Gasteiger partial charge in [0.15, 0.2) is 5.78 Å². The van der Waals surface area contributed by atoms with Gasteiger partial charge in [0.1, 0.15) is 5.76 Å². The molecule has 1 aliphatic rings. The highest BCUT2D eigenvalue weighted by molar-refractivity contribution is 5.96. The molecule has 1 aliphatic carbocycles. The molecule has 64 valence electrons. The topological polar surface area (TPSA) is 43.1 Å². The quantitative estimate of drug-likeness (QED) is 0.630. The van der Waals surface area contributed by atoms with E-state index in [1.54, 1.807) is 13.8 Å². The number of nitrogens with zero attached hydrogens (tertiary/aromatic N) is 1. The molecule has 1 saturated carbocycles. The van der Waals surface area contributed by atoms with Crippen LogP contribution in [0, 0.1) is 6.92 Å². The summed E-state index contributed by atoms with van der Waals surface area (Å²) in [6.45, 7) is 3.35. The van der Waals surface area contributed by atoms with Crippen LogP contribution in [0.2, 0.25) is 0 Å². The maximum atomic E-state index is 11.2. The zero-order valence-corrected chi connectivity index (χ0v) is 7.26. The molecule has 0 unspecified atom stereocenters. The van der Waals surface area contributed by atoms with Crippen molar-refractivity contribution < 1.29 is 9.32 Å². The molecule has 3 heteroatoms. The molecule has 0 spiro atoms. The first-order valence-corrected chi connectivity index (χ1v) is 4.17. The third kappa shape index (κ3) is 1.05. The van der Waals surface area contributed by atoms with Gasteiger partial charge in [-0.1, -0.05) is 5.16 Å². The summed E-state index contributed by atoms with van der Waals surface area (Å²) in [6.07, 6.45) is 2.29. The van der Waals surface area contributed by atoms with Crippen LogP contribution in [-0.2, 0) is 0 Å². The lowest BCUT2D eigenvalue weighted by atomic mass is 10.1. The molecule has 3 nitrogen and oxygen atoms in total. The second-order valence-corrected chi connectivity index (χ2v) is 3.33. The molecule has 2 rings (SSSR count). The minimum atomic E-state index is 0.0654. The van der Waals surface area contributed by atoms with Crippen LogP contribution in [0.15, 0.2) is 4.52 Å². The fourth-order valence-corrected chi connectivity index (χ4v) is 1.45. The number of Topliss-reactive ketones (excluding diaryl/α,β-unsaturated/α-hetero) is 1. The molecule has 0 radical (unpaired) electrons. The molecule has 1 heterocycles. The summed E-state index contributed by atoms with van der Waals surface area (Å²) < 4.78 is 4.99. The molecular weight excluding hydrogens is 154 g/mol. The van der Waals surface area contributed by atoms with Crippen molar-refractivity contribution in [1.29, 1.82) is 0 Å². The van der Waals surface area contributed by atoms with Crippen molar-refractivity contribution in [2.24, 2.45) is 0 Å². The Morgan fingerprint density at radius 2 is 2.25 bits per heavy atom. The smallest absolute Gasteiger partial charge is 0.165 e. The number of ketones is 1. The van der Waals surface area contributed by atoms with Gasteiger partial charge in [-0.2, -0.15) is 0 Å². The van der Waals surface area contributed by atoms with E-state index < -0.39 is 0 Å². The third-order valence-corrected chi connectivity index (χ3v) is 2.21. The maximum absolute atomic E-state index is 11.2. The third-order valence-electron chi connectivity index (χ3n) is 2.21. The van der Waals surface area contributed by atoms with Gasteiger partial charge in [0.05, 0.1) is 11.3 Å². The molecule has 0 N–H and O–H groups in total. The van der Waals surface area contributed by atoms with E-state index in [9.17, 15) is 4.79 Å². The number of aryl methyl sites for hydroxylation is 1. The molecule has 0 bridgehead atoms. The summed E-state index contributed by atoms with van der Waals surface area (Å²) in [4.78, 5) is 11.2. The van der Waals surface area contributed by atoms with Crippen LogP contribution in [-0.4, -0.2) is 10.9 Å². The molecule has 12 heavy (non-hydrogen) atoms. The molecule has 0 amide bonds. The number of hydrogen-bond donors (Lipinski definition) is 0. The summed E-state index contributed by atoms with van der Waals surface area (Å²) in [5.74, 6) is 1.21. The van der Waals surface area contributed by atoms with Gasteiger partial charge < -0.3 is 4.52 Å². The van der Waals surface area contributed by atoms with Gasteiger partial charge in [-0.05, 0) is 26.7 Å². The minimum absolute atomic E-state index is 0.0654. The van der Waals surface area contributed by atoms with Crippen molar-refractivity contribution in [3.8, 4) is 0 Å². The highest BCUT2D eigenvalue weighted by Gasteiger charge is 2.31. The Hall–Kier alpha value is -1.12. The van der Waals surface area contributed by atoms with Gasteiger partial charge in [0.2, 0.25) is 0 Å².